The fourth-order valence-corrected chi connectivity index (χ4v) is 2.42. The van der Waals surface area contributed by atoms with Crippen molar-refractivity contribution in [2.24, 2.45) is 0 Å². The first-order valence-corrected chi connectivity index (χ1v) is 8.86. The van der Waals surface area contributed by atoms with Crippen molar-refractivity contribution in [2.75, 3.05) is 11.9 Å². The lowest BCUT2D eigenvalue weighted by atomic mass is 10.2. The van der Waals surface area contributed by atoms with Gasteiger partial charge in [0.25, 0.3) is 0 Å². The number of amides is 1. The number of nitrogens with one attached hydrogen (secondary N) is 1. The largest absolute Gasteiger partial charge is 0.462 e. The normalized spacial score (nSPS) is 10.8. The number of anilines is 1. The highest BCUT2D eigenvalue weighted by Crippen LogP contribution is 2.25. The molecule has 0 saturated carbocycles. The van der Waals surface area contributed by atoms with Crippen molar-refractivity contribution in [3.05, 3.63) is 28.5 Å². The molecule has 1 N–H and O–H groups in total. The predicted molar refractivity (Wildman–Crippen MR) is 102 cm³/mol. The summed E-state index contributed by atoms with van der Waals surface area (Å²) in [5.41, 5.74) is 1.02. The summed E-state index contributed by atoms with van der Waals surface area (Å²) in [6.45, 7) is 13.0. The van der Waals surface area contributed by atoms with Gasteiger partial charge in [-0.05, 0) is 46.8 Å². The maximum Gasteiger partial charge on any atom is 0.412 e. The van der Waals surface area contributed by atoms with Crippen LogP contribution in [0.3, 0.4) is 0 Å². The van der Waals surface area contributed by atoms with Gasteiger partial charge in [-0.1, -0.05) is 25.4 Å². The minimum atomic E-state index is -0.624. The highest BCUT2D eigenvalue weighted by atomic mass is 35.5. The quantitative estimate of drug-likeness (QED) is 0.605. The molecule has 26 heavy (non-hydrogen) atoms. The Morgan fingerprint density at radius 2 is 1.88 bits per heavy atom. The molecular formula is C18H26ClN3O4. The van der Waals surface area contributed by atoms with Gasteiger partial charge < -0.3 is 9.47 Å². The smallest absolute Gasteiger partial charge is 0.412 e. The number of halogens is 1. The molecule has 0 spiro atoms. The second-order valence-corrected chi connectivity index (χ2v) is 6.56. The third-order valence-corrected chi connectivity index (χ3v) is 3.26. The third kappa shape index (κ3) is 5.36. The molecular weight excluding hydrogens is 358 g/mol. The first-order valence-electron chi connectivity index (χ1n) is 8.48. The summed E-state index contributed by atoms with van der Waals surface area (Å²) in [6.07, 6.45) is -0.614. The highest BCUT2D eigenvalue weighted by Gasteiger charge is 2.21. The van der Waals surface area contributed by atoms with Gasteiger partial charge in [-0.2, -0.15) is 5.10 Å². The number of pyridine rings is 1. The van der Waals surface area contributed by atoms with E-state index in [9.17, 15) is 9.59 Å². The molecule has 0 bridgehead atoms. The third-order valence-electron chi connectivity index (χ3n) is 2.99. The minimum Gasteiger partial charge on any atom is -0.462 e. The summed E-state index contributed by atoms with van der Waals surface area (Å²) >= 11 is 6.20. The van der Waals surface area contributed by atoms with Crippen LogP contribution in [0, 0.1) is 6.92 Å². The van der Waals surface area contributed by atoms with Crippen molar-refractivity contribution < 1.29 is 19.1 Å². The van der Waals surface area contributed by atoms with Crippen LogP contribution in [-0.2, 0) is 9.47 Å². The van der Waals surface area contributed by atoms with Crippen LogP contribution in [0.15, 0.2) is 12.1 Å². The van der Waals surface area contributed by atoms with E-state index in [-0.39, 0.29) is 11.8 Å². The van der Waals surface area contributed by atoms with Crippen LogP contribution < -0.4 is 5.32 Å². The topological polar surface area (TPSA) is 81.9 Å². The van der Waals surface area contributed by atoms with Gasteiger partial charge in [0.2, 0.25) is 0 Å². The van der Waals surface area contributed by atoms with Gasteiger partial charge in [0.15, 0.2) is 0 Å². The number of aromatic nitrogens is 2. The van der Waals surface area contributed by atoms with Crippen molar-refractivity contribution in [3.8, 4) is 0 Å². The number of aryl methyl sites for hydroxylation is 1. The monoisotopic (exact) mass is 383 g/mol. The van der Waals surface area contributed by atoms with Crippen molar-refractivity contribution in [2.45, 2.75) is 54.1 Å². The molecule has 0 saturated heterocycles. The van der Waals surface area contributed by atoms with Crippen molar-refractivity contribution in [1.29, 1.82) is 0 Å². The first kappa shape index (κ1) is 21.8. The Labute approximate surface area is 158 Å². The molecule has 0 aliphatic heterocycles. The number of esters is 1. The van der Waals surface area contributed by atoms with E-state index in [1.165, 1.54) is 10.6 Å². The number of carbonyl (C=O) groups is 2. The maximum atomic E-state index is 12.1. The Morgan fingerprint density at radius 3 is 2.42 bits per heavy atom. The van der Waals surface area contributed by atoms with E-state index in [0.717, 1.165) is 0 Å². The molecule has 0 aliphatic carbocycles. The van der Waals surface area contributed by atoms with Gasteiger partial charge in [0.05, 0.1) is 17.8 Å². The molecule has 8 heteroatoms. The van der Waals surface area contributed by atoms with E-state index >= 15 is 0 Å². The van der Waals surface area contributed by atoms with Crippen LogP contribution in [0.2, 0.25) is 5.15 Å². The summed E-state index contributed by atoms with van der Waals surface area (Å²) in [4.78, 5) is 24.1. The van der Waals surface area contributed by atoms with Gasteiger partial charge >= 0.3 is 12.1 Å². The lowest BCUT2D eigenvalue weighted by molar-refractivity contribution is 0.0527. The van der Waals surface area contributed by atoms with E-state index in [1.54, 1.807) is 40.7 Å². The van der Waals surface area contributed by atoms with E-state index in [1.807, 2.05) is 13.8 Å². The summed E-state index contributed by atoms with van der Waals surface area (Å²) in [5.74, 6) is -0.490. The Morgan fingerprint density at radius 1 is 1.27 bits per heavy atom. The van der Waals surface area contributed by atoms with Gasteiger partial charge in [0, 0.05) is 5.69 Å². The second kappa shape index (κ2) is 8.89. The summed E-state index contributed by atoms with van der Waals surface area (Å²) in [7, 11) is 0. The van der Waals surface area contributed by atoms with Gasteiger partial charge in [-0.15, -0.1) is 0 Å². The van der Waals surface area contributed by atoms with Crippen LogP contribution in [0.4, 0.5) is 10.5 Å². The lowest BCUT2D eigenvalue weighted by Gasteiger charge is -2.19. The number of carbonyl (C=O) groups excluding carboxylic acids is 2. The summed E-state index contributed by atoms with van der Waals surface area (Å²) in [5, 5.41) is 7.08. The molecule has 0 radical (unpaired) electrons. The molecule has 0 fully saturated rings. The molecule has 144 valence electrons. The molecule has 0 aromatic carbocycles. The van der Waals surface area contributed by atoms with Gasteiger partial charge in [0.1, 0.15) is 16.3 Å². The van der Waals surface area contributed by atoms with Crippen LogP contribution in [-0.4, -0.2) is 33.9 Å². The van der Waals surface area contributed by atoms with Crippen LogP contribution in [0.25, 0.3) is 5.52 Å². The minimum absolute atomic E-state index is 0.247. The Balaban J connectivity index is 0.00000163. The lowest BCUT2D eigenvalue weighted by Crippen LogP contribution is -2.27. The molecule has 2 heterocycles. The van der Waals surface area contributed by atoms with Crippen LogP contribution in [0.5, 0.6) is 0 Å². The van der Waals surface area contributed by atoms with Crippen molar-refractivity contribution in [3.63, 3.8) is 0 Å². The zero-order valence-electron chi connectivity index (χ0n) is 16.3. The molecule has 7 nitrogen and oxygen atoms in total. The summed E-state index contributed by atoms with van der Waals surface area (Å²) in [6, 6.07) is 3.13. The van der Waals surface area contributed by atoms with Gasteiger partial charge in [-0.3, -0.25) is 5.32 Å². The Hall–Kier alpha value is -2.28. The molecule has 0 aliphatic rings. The molecule has 2 aromatic rings. The van der Waals surface area contributed by atoms with Crippen LogP contribution in [0.1, 0.15) is 57.6 Å². The second-order valence-electron chi connectivity index (χ2n) is 6.17. The standard InChI is InChI=1S/C16H20ClN3O4.C2H6/c1-6-23-14(21)13-9(2)19-20-11(13)7-10(8-12(20)17)18-15(22)24-16(3,4)5;1-2/h7-8H,6H2,1-5H3,(H,18,22);1-2H3. The van der Waals surface area contributed by atoms with E-state index in [2.05, 4.69) is 10.4 Å². The van der Waals surface area contributed by atoms with Crippen LogP contribution >= 0.6 is 11.6 Å². The number of rotatable bonds is 3. The maximum absolute atomic E-state index is 12.1. The average Bonchev–Trinajstić information content (AvgIpc) is 2.84. The van der Waals surface area contributed by atoms with Crippen molar-refractivity contribution >= 4 is 34.9 Å². The number of ether oxygens (including phenoxy) is 2. The number of hydrogen-bond acceptors (Lipinski definition) is 5. The first-order chi connectivity index (χ1) is 12.1. The number of fused-ring (bicyclic) bond motifs is 1. The molecule has 0 atom stereocenters. The summed E-state index contributed by atoms with van der Waals surface area (Å²) < 4.78 is 11.7. The average molecular weight is 384 g/mol. The molecule has 1 amide bonds. The van der Waals surface area contributed by atoms with Gasteiger partial charge in [-0.25, -0.2) is 14.1 Å². The van der Waals surface area contributed by atoms with Crippen molar-refractivity contribution in [1.82, 2.24) is 9.61 Å². The molecule has 2 rings (SSSR count). The zero-order valence-corrected chi connectivity index (χ0v) is 17.0. The number of hydrogen-bond donors (Lipinski definition) is 1. The fourth-order valence-electron chi connectivity index (χ4n) is 2.17. The Kier molecular flexibility index (Phi) is 7.44. The SMILES string of the molecule is CC.CCOC(=O)c1c(C)nn2c(Cl)cc(NC(=O)OC(C)(C)C)cc12. The number of nitrogens with zero attached hydrogens (tertiary/aromatic N) is 2. The molecule has 0 unspecified atom stereocenters. The zero-order chi connectivity index (χ0) is 20.1. The highest BCUT2D eigenvalue weighted by molar-refractivity contribution is 6.30. The molecule has 2 aromatic heterocycles. The predicted octanol–water partition coefficient (Wildman–Crippen LogP) is 4.85. The van der Waals surface area contributed by atoms with E-state index in [0.29, 0.717) is 22.5 Å². The Bertz CT molecular complexity index is 794. The van der Waals surface area contributed by atoms with E-state index < -0.39 is 17.7 Å². The van der Waals surface area contributed by atoms with E-state index in [4.69, 9.17) is 21.1 Å². The fraction of sp³-hybridized carbons (Fsp3) is 0.500.